The van der Waals surface area contributed by atoms with Gasteiger partial charge in [-0.1, -0.05) is 57.0 Å². The van der Waals surface area contributed by atoms with Crippen molar-refractivity contribution >= 4 is 22.7 Å². The van der Waals surface area contributed by atoms with Crippen LogP contribution in [0, 0.1) is 36.0 Å². The first-order chi connectivity index (χ1) is 22.8. The lowest BCUT2D eigenvalue weighted by Gasteiger charge is -2.57. The lowest BCUT2D eigenvalue weighted by molar-refractivity contribution is -0.152. The van der Waals surface area contributed by atoms with Gasteiger partial charge in [0.25, 0.3) is 0 Å². The van der Waals surface area contributed by atoms with Gasteiger partial charge >= 0.3 is 6.18 Å². The number of nitrogens with zero attached hydrogens (tertiary/aromatic N) is 1. The maximum absolute atomic E-state index is 14.8. The second kappa shape index (κ2) is 11.1. The van der Waals surface area contributed by atoms with Crippen LogP contribution in [0.4, 0.5) is 13.2 Å². The molecule has 256 valence electrons. The molecule has 48 heavy (non-hydrogen) atoms. The quantitative estimate of drug-likeness (QED) is 0.254. The van der Waals surface area contributed by atoms with Crippen molar-refractivity contribution in [1.29, 1.82) is 0 Å². The van der Waals surface area contributed by atoms with Crippen molar-refractivity contribution in [3.8, 4) is 0 Å². The van der Waals surface area contributed by atoms with Crippen LogP contribution in [-0.4, -0.2) is 32.8 Å². The monoisotopic (exact) mass is 659 g/mol. The molecule has 0 aliphatic heterocycles. The summed E-state index contributed by atoms with van der Waals surface area (Å²) in [4.78, 5) is 34.9. The van der Waals surface area contributed by atoms with Crippen LogP contribution < -0.4 is 5.32 Å². The highest BCUT2D eigenvalue weighted by Gasteiger charge is 2.61. The van der Waals surface area contributed by atoms with Crippen LogP contribution in [0.2, 0.25) is 0 Å². The molecular weight excluding hydrogens is 611 g/mol. The molecule has 1 aromatic heterocycles. The van der Waals surface area contributed by atoms with Gasteiger partial charge in [0.15, 0.2) is 0 Å². The molecule has 3 aromatic rings. The lowest BCUT2D eigenvalue weighted by Crippen LogP contribution is -2.66. The third-order valence-electron chi connectivity index (χ3n) is 13.4. The van der Waals surface area contributed by atoms with E-state index in [4.69, 9.17) is 0 Å². The first-order valence-corrected chi connectivity index (χ1v) is 18.1. The van der Waals surface area contributed by atoms with Gasteiger partial charge in [0.2, 0.25) is 11.8 Å². The molecular formula is C40H48F3N3O2. The van der Waals surface area contributed by atoms with E-state index < -0.39 is 17.3 Å². The fraction of sp³-hybridized carbons (Fsp3) is 0.600. The molecule has 4 bridgehead atoms. The zero-order valence-corrected chi connectivity index (χ0v) is 28.4. The summed E-state index contributed by atoms with van der Waals surface area (Å²) >= 11 is 0. The Kier molecular flexibility index (Phi) is 7.40. The van der Waals surface area contributed by atoms with E-state index in [2.05, 4.69) is 43.2 Å². The number of hydrogen-bond donors (Lipinski definition) is 2. The first kappa shape index (κ1) is 31.9. The third-order valence-corrected chi connectivity index (χ3v) is 13.4. The van der Waals surface area contributed by atoms with E-state index in [0.717, 1.165) is 55.4 Å². The zero-order chi connectivity index (χ0) is 33.6. The van der Waals surface area contributed by atoms with Crippen LogP contribution in [0.15, 0.2) is 48.5 Å². The van der Waals surface area contributed by atoms with Crippen molar-refractivity contribution in [2.45, 2.75) is 121 Å². The lowest BCUT2D eigenvalue weighted by atomic mass is 9.53. The minimum Gasteiger partial charge on any atom is -0.358 e. The van der Waals surface area contributed by atoms with Crippen molar-refractivity contribution in [2.24, 2.45) is 29.1 Å². The van der Waals surface area contributed by atoms with Crippen molar-refractivity contribution in [3.05, 3.63) is 70.9 Å². The number of aromatic nitrogens is 1. The van der Waals surface area contributed by atoms with Gasteiger partial charge in [-0.3, -0.25) is 9.59 Å². The number of hydrogen-bond acceptors (Lipinski definition) is 2. The maximum atomic E-state index is 14.8. The Labute approximate surface area is 281 Å². The van der Waals surface area contributed by atoms with Crippen molar-refractivity contribution in [2.75, 3.05) is 0 Å². The maximum Gasteiger partial charge on any atom is 0.416 e. The van der Waals surface area contributed by atoms with Crippen LogP contribution in [0.5, 0.6) is 0 Å². The number of carbonyl (C=O) groups excluding carboxylic acids is 2. The highest BCUT2D eigenvalue weighted by Crippen LogP contribution is 2.67. The summed E-state index contributed by atoms with van der Waals surface area (Å²) in [7, 11) is 0. The molecule has 6 saturated carbocycles. The SMILES string of the molecule is Cc1[nH]c2ccccc2c1[C@@H]1[C@H](CC(=O)N(Cc2ccc(C(F)(F)F)cc2)C2(C(=O)NC34CC5CC(CC(C5)C3)C4)CCCC2)C1(C)C. The molecule has 2 amide bonds. The van der Waals surface area contributed by atoms with Gasteiger partial charge in [-0.2, -0.15) is 13.2 Å². The average molecular weight is 660 g/mol. The minimum atomic E-state index is -4.44. The second-order valence-corrected chi connectivity index (χ2v) is 16.9. The number of aryl methyl sites for hydroxylation is 1. The Bertz CT molecular complexity index is 1700. The van der Waals surface area contributed by atoms with E-state index >= 15 is 0 Å². The molecule has 5 nitrogen and oxygen atoms in total. The van der Waals surface area contributed by atoms with Crippen LogP contribution in [-0.2, 0) is 22.3 Å². The van der Waals surface area contributed by atoms with Crippen molar-refractivity contribution < 1.29 is 22.8 Å². The van der Waals surface area contributed by atoms with Crippen LogP contribution >= 0.6 is 0 Å². The van der Waals surface area contributed by atoms with E-state index in [-0.39, 0.29) is 41.1 Å². The molecule has 9 rings (SSSR count). The summed E-state index contributed by atoms with van der Waals surface area (Å²) in [5.74, 6) is 2.17. The summed E-state index contributed by atoms with van der Waals surface area (Å²) in [6, 6.07) is 13.4. The van der Waals surface area contributed by atoms with E-state index in [9.17, 15) is 22.8 Å². The Morgan fingerprint density at radius 2 is 1.52 bits per heavy atom. The molecule has 0 radical (unpaired) electrons. The first-order valence-electron chi connectivity index (χ1n) is 18.1. The molecule has 0 saturated heterocycles. The number of alkyl halides is 3. The van der Waals surface area contributed by atoms with Gasteiger partial charge in [0, 0.05) is 35.1 Å². The molecule has 8 heteroatoms. The number of fused-ring (bicyclic) bond motifs is 1. The van der Waals surface area contributed by atoms with Crippen LogP contribution in [0.25, 0.3) is 10.9 Å². The van der Waals surface area contributed by atoms with Gasteiger partial charge in [0.05, 0.1) is 5.56 Å². The van der Waals surface area contributed by atoms with Gasteiger partial charge in [-0.25, -0.2) is 0 Å². The number of amides is 2. The van der Waals surface area contributed by atoms with E-state index in [0.29, 0.717) is 42.6 Å². The Hall–Kier alpha value is -3.29. The number of H-pyrrole nitrogens is 1. The van der Waals surface area contributed by atoms with Crippen molar-refractivity contribution in [1.82, 2.24) is 15.2 Å². The van der Waals surface area contributed by atoms with Gasteiger partial charge in [0.1, 0.15) is 5.54 Å². The van der Waals surface area contributed by atoms with Crippen LogP contribution in [0.1, 0.15) is 113 Å². The summed E-state index contributed by atoms with van der Waals surface area (Å²) in [5, 5.41) is 4.80. The van der Waals surface area contributed by atoms with Gasteiger partial charge in [-0.05, 0) is 123 Å². The van der Waals surface area contributed by atoms with Gasteiger partial charge in [-0.15, -0.1) is 0 Å². The second-order valence-electron chi connectivity index (χ2n) is 16.9. The predicted octanol–water partition coefficient (Wildman–Crippen LogP) is 9.05. The molecule has 2 aromatic carbocycles. The smallest absolute Gasteiger partial charge is 0.358 e. The largest absolute Gasteiger partial charge is 0.416 e. The fourth-order valence-electron chi connectivity index (χ4n) is 11.4. The standard InChI is InChI=1S/C40H48F3N3O2/c1-24-34(30-8-4-5-9-32(30)44-24)35-31(37(35,2)3)19-33(47)46(23-25-10-12-29(13-11-25)40(41,42)43)39(14-6-7-15-39)36(48)45-38-20-26-16-27(21-38)18-28(17-26)22-38/h4-5,8-13,26-28,31,35,44H,6-7,14-23H2,1-3H3,(H,45,48)/t26?,27?,28?,31-,35-,38?/m0/s1. The molecule has 1 heterocycles. The topological polar surface area (TPSA) is 65.2 Å². The summed E-state index contributed by atoms with van der Waals surface area (Å²) < 4.78 is 40.4. The molecule has 6 aliphatic rings. The molecule has 0 spiro atoms. The van der Waals surface area contributed by atoms with E-state index in [1.807, 2.05) is 12.1 Å². The Morgan fingerprint density at radius 1 is 0.917 bits per heavy atom. The number of benzene rings is 2. The van der Waals surface area contributed by atoms with Crippen LogP contribution in [0.3, 0.4) is 0 Å². The summed E-state index contributed by atoms with van der Waals surface area (Å²) in [6.07, 6.45) is 5.59. The number of carbonyl (C=O) groups is 2. The highest BCUT2D eigenvalue weighted by molar-refractivity contribution is 5.93. The van der Waals surface area contributed by atoms with Gasteiger partial charge < -0.3 is 15.2 Å². The predicted molar refractivity (Wildman–Crippen MR) is 180 cm³/mol. The molecule has 0 unspecified atom stereocenters. The number of halogens is 3. The minimum absolute atomic E-state index is 0.0405. The third kappa shape index (κ3) is 5.27. The fourth-order valence-corrected chi connectivity index (χ4v) is 11.4. The Morgan fingerprint density at radius 3 is 2.12 bits per heavy atom. The molecule has 6 aliphatic carbocycles. The number of rotatable bonds is 8. The molecule has 2 atom stereocenters. The number of para-hydroxylation sites is 1. The molecule has 6 fully saturated rings. The number of aromatic amines is 1. The normalized spacial score (nSPS) is 31.2. The van der Waals surface area contributed by atoms with Crippen molar-refractivity contribution in [3.63, 3.8) is 0 Å². The Balaban J connectivity index is 1.11. The zero-order valence-electron chi connectivity index (χ0n) is 28.4. The summed E-state index contributed by atoms with van der Waals surface area (Å²) in [5.41, 5.74) is 2.06. The van der Waals surface area contributed by atoms with E-state index in [1.54, 1.807) is 4.90 Å². The number of nitrogens with one attached hydrogen (secondary N) is 2. The average Bonchev–Trinajstić information content (AvgIpc) is 3.37. The van der Waals surface area contributed by atoms with E-state index in [1.165, 1.54) is 42.3 Å². The summed E-state index contributed by atoms with van der Waals surface area (Å²) in [6.45, 7) is 6.67. The highest BCUT2D eigenvalue weighted by atomic mass is 19.4. The molecule has 2 N–H and O–H groups in total.